The van der Waals surface area contributed by atoms with Crippen LogP contribution in [0.15, 0.2) is 40.9 Å². The minimum Gasteiger partial charge on any atom is -0.428 e. The lowest BCUT2D eigenvalue weighted by atomic mass is 10.0. The van der Waals surface area contributed by atoms with Gasteiger partial charge in [-0.1, -0.05) is 43.2 Å². The first-order valence-electron chi connectivity index (χ1n) is 6.94. The third kappa shape index (κ3) is 5.07. The molecule has 3 nitrogen and oxygen atoms in total. The maximum absolute atomic E-state index is 11.8. The second-order valence-electron chi connectivity index (χ2n) is 4.79. The predicted octanol–water partition coefficient (Wildman–Crippen LogP) is 4.66. The van der Waals surface area contributed by atoms with Crippen LogP contribution in [0.3, 0.4) is 0 Å². The van der Waals surface area contributed by atoms with Crippen LogP contribution in [0, 0.1) is 3.77 Å². The van der Waals surface area contributed by atoms with E-state index in [1.807, 2.05) is 28.7 Å². The molecule has 2 aromatic rings. The van der Waals surface area contributed by atoms with Crippen molar-refractivity contribution < 1.29 is 9.21 Å². The Hall–Kier alpha value is -1.17. The molecule has 106 valence electrons. The molecule has 0 saturated heterocycles. The summed E-state index contributed by atoms with van der Waals surface area (Å²) in [5, 5.41) is 0. The maximum atomic E-state index is 11.8. The van der Waals surface area contributed by atoms with Crippen LogP contribution >= 0.6 is 22.6 Å². The molecule has 0 saturated carbocycles. The van der Waals surface area contributed by atoms with Gasteiger partial charge in [-0.3, -0.25) is 4.79 Å². The molecule has 0 unspecified atom stereocenters. The summed E-state index contributed by atoms with van der Waals surface area (Å²) in [4.78, 5) is 15.7. The number of carbonyl (C=O) groups is 1. The zero-order valence-corrected chi connectivity index (χ0v) is 13.5. The van der Waals surface area contributed by atoms with E-state index in [0.717, 1.165) is 25.7 Å². The number of oxazole rings is 1. The van der Waals surface area contributed by atoms with E-state index in [9.17, 15) is 4.79 Å². The van der Waals surface area contributed by atoms with Crippen molar-refractivity contribution in [2.24, 2.45) is 0 Å². The minimum absolute atomic E-state index is 0.0102. The van der Waals surface area contributed by atoms with Gasteiger partial charge in [-0.05, 0) is 24.8 Å². The van der Waals surface area contributed by atoms with Crippen molar-refractivity contribution in [2.45, 2.75) is 38.5 Å². The molecule has 2 rings (SSSR count). The van der Waals surface area contributed by atoms with Crippen molar-refractivity contribution in [3.63, 3.8) is 0 Å². The molecule has 0 radical (unpaired) electrons. The fraction of sp³-hybridized carbons (Fsp3) is 0.375. The molecular weight excluding hydrogens is 365 g/mol. The number of benzene rings is 1. The Morgan fingerprint density at radius 3 is 2.55 bits per heavy atom. The molecule has 0 aliphatic heterocycles. The summed E-state index contributed by atoms with van der Waals surface area (Å²) in [6.45, 7) is 0. The lowest BCUT2D eigenvalue weighted by Gasteiger charge is -2.01. The van der Waals surface area contributed by atoms with Crippen LogP contribution in [0.25, 0.3) is 0 Å². The van der Waals surface area contributed by atoms with Crippen molar-refractivity contribution in [1.82, 2.24) is 4.98 Å². The average Bonchev–Trinajstić information content (AvgIpc) is 2.90. The number of carbonyl (C=O) groups excluding carboxylic acids is 1. The number of rotatable bonds is 8. The Morgan fingerprint density at radius 1 is 1.10 bits per heavy atom. The number of unbranched alkanes of at least 4 members (excludes halogenated alkanes) is 3. The highest BCUT2D eigenvalue weighted by molar-refractivity contribution is 14.1. The number of Topliss-reactive ketones (excluding diaryl/α,β-unsaturated/α-hetero) is 1. The first-order valence-corrected chi connectivity index (χ1v) is 8.02. The highest BCUT2D eigenvalue weighted by Gasteiger charge is 2.11. The summed E-state index contributed by atoms with van der Waals surface area (Å²) in [5.74, 6) is 0.259. The van der Waals surface area contributed by atoms with Crippen molar-refractivity contribution in [3.05, 3.63) is 51.7 Å². The van der Waals surface area contributed by atoms with E-state index in [1.54, 1.807) is 6.20 Å². The first-order chi connectivity index (χ1) is 9.75. The summed E-state index contributed by atoms with van der Waals surface area (Å²) in [5.41, 5.74) is 1.39. The molecule has 0 aliphatic carbocycles. The number of aromatic nitrogens is 1. The van der Waals surface area contributed by atoms with Gasteiger partial charge >= 0.3 is 0 Å². The number of ketones is 1. The molecule has 0 fully saturated rings. The Balaban J connectivity index is 1.57. The molecule has 4 heteroatoms. The van der Waals surface area contributed by atoms with E-state index in [0.29, 0.717) is 10.2 Å². The van der Waals surface area contributed by atoms with Gasteiger partial charge in [-0.25, -0.2) is 4.98 Å². The third-order valence-corrected chi connectivity index (χ3v) is 3.68. The molecule has 1 aromatic heterocycles. The molecule has 0 aliphatic rings. The van der Waals surface area contributed by atoms with Gasteiger partial charge in [0, 0.05) is 29.0 Å². The van der Waals surface area contributed by atoms with Crippen LogP contribution in [0.4, 0.5) is 0 Å². The van der Waals surface area contributed by atoms with Gasteiger partial charge in [0.1, 0.15) is 0 Å². The Bertz CT molecular complexity index is 536. The summed E-state index contributed by atoms with van der Waals surface area (Å²) < 4.78 is 5.87. The van der Waals surface area contributed by atoms with Gasteiger partial charge in [0.15, 0.2) is 3.77 Å². The molecule has 1 aromatic carbocycles. The van der Waals surface area contributed by atoms with E-state index in [4.69, 9.17) is 4.42 Å². The summed E-state index contributed by atoms with van der Waals surface area (Å²) >= 11 is 2.01. The van der Waals surface area contributed by atoms with E-state index in [1.165, 1.54) is 12.0 Å². The van der Waals surface area contributed by atoms with E-state index in [-0.39, 0.29) is 11.7 Å². The van der Waals surface area contributed by atoms with Crippen LogP contribution in [0.2, 0.25) is 0 Å². The molecule has 0 spiro atoms. The highest BCUT2D eigenvalue weighted by Crippen LogP contribution is 2.12. The first kappa shape index (κ1) is 15.2. The second kappa shape index (κ2) is 8.19. The Kier molecular flexibility index (Phi) is 6.24. The lowest BCUT2D eigenvalue weighted by molar-refractivity contribution is 0.0944. The van der Waals surface area contributed by atoms with E-state index < -0.39 is 0 Å². The lowest BCUT2D eigenvalue weighted by Crippen LogP contribution is -1.99. The van der Waals surface area contributed by atoms with Gasteiger partial charge < -0.3 is 4.42 Å². The number of halogens is 1. The number of aryl methyl sites for hydroxylation is 1. The minimum atomic E-state index is 0.0102. The van der Waals surface area contributed by atoms with Crippen LogP contribution in [0.1, 0.15) is 48.4 Å². The molecule has 0 atom stereocenters. The van der Waals surface area contributed by atoms with Crippen molar-refractivity contribution >= 4 is 28.4 Å². The largest absolute Gasteiger partial charge is 0.428 e. The summed E-state index contributed by atoms with van der Waals surface area (Å²) in [6.07, 6.45) is 7.55. The zero-order valence-electron chi connectivity index (χ0n) is 11.3. The molecule has 0 amide bonds. The van der Waals surface area contributed by atoms with E-state index >= 15 is 0 Å². The monoisotopic (exact) mass is 383 g/mol. The van der Waals surface area contributed by atoms with Crippen molar-refractivity contribution in [3.8, 4) is 0 Å². The third-order valence-electron chi connectivity index (χ3n) is 3.18. The molecule has 20 heavy (non-hydrogen) atoms. The average molecular weight is 383 g/mol. The fourth-order valence-corrected chi connectivity index (χ4v) is 2.45. The van der Waals surface area contributed by atoms with Gasteiger partial charge in [0.25, 0.3) is 5.89 Å². The predicted molar refractivity (Wildman–Crippen MR) is 86.8 cm³/mol. The number of nitrogens with zero attached hydrogens (tertiary/aromatic N) is 1. The highest BCUT2D eigenvalue weighted by atomic mass is 127. The smallest absolute Gasteiger partial charge is 0.264 e. The maximum Gasteiger partial charge on any atom is 0.264 e. The Labute approximate surface area is 132 Å². The standard InChI is InChI=1S/C16H18INO2/c17-15-12-18-16(20-15)14(19)11-7-2-1-4-8-13-9-5-3-6-10-13/h3,5-6,9-10,12H,1-2,4,7-8,11H2. The SMILES string of the molecule is O=C(CCCCCCc1ccccc1)c1ncc(I)o1. The molecule has 1 heterocycles. The molecular formula is C16H18INO2. The molecule has 0 bridgehead atoms. The number of hydrogen-bond acceptors (Lipinski definition) is 3. The topological polar surface area (TPSA) is 43.1 Å². The Morgan fingerprint density at radius 2 is 1.85 bits per heavy atom. The van der Waals surface area contributed by atoms with Crippen molar-refractivity contribution in [1.29, 1.82) is 0 Å². The summed E-state index contributed by atoms with van der Waals surface area (Å²) in [7, 11) is 0. The van der Waals surface area contributed by atoms with Crippen molar-refractivity contribution in [2.75, 3.05) is 0 Å². The molecule has 0 N–H and O–H groups in total. The van der Waals surface area contributed by atoms with Gasteiger partial charge in [-0.2, -0.15) is 0 Å². The summed E-state index contributed by atoms with van der Waals surface area (Å²) in [6, 6.07) is 10.5. The van der Waals surface area contributed by atoms with Gasteiger partial charge in [0.2, 0.25) is 5.78 Å². The fourth-order valence-electron chi connectivity index (χ4n) is 2.10. The zero-order chi connectivity index (χ0) is 14.2. The van der Waals surface area contributed by atoms with Gasteiger partial charge in [-0.15, -0.1) is 0 Å². The second-order valence-corrected chi connectivity index (χ2v) is 5.86. The number of hydrogen-bond donors (Lipinski definition) is 0. The van der Waals surface area contributed by atoms with Gasteiger partial charge in [0.05, 0.1) is 6.20 Å². The quantitative estimate of drug-likeness (QED) is 0.379. The van der Waals surface area contributed by atoms with Crippen LogP contribution in [-0.4, -0.2) is 10.8 Å². The van der Waals surface area contributed by atoms with Crippen LogP contribution < -0.4 is 0 Å². The van der Waals surface area contributed by atoms with Crippen LogP contribution in [-0.2, 0) is 6.42 Å². The van der Waals surface area contributed by atoms with Crippen LogP contribution in [0.5, 0.6) is 0 Å². The van der Waals surface area contributed by atoms with E-state index in [2.05, 4.69) is 29.2 Å². The normalized spacial score (nSPS) is 10.7.